The van der Waals surface area contributed by atoms with Crippen LogP contribution in [0.1, 0.15) is 61.7 Å². The van der Waals surface area contributed by atoms with Crippen molar-refractivity contribution in [2.24, 2.45) is 0 Å². The second-order valence-corrected chi connectivity index (χ2v) is 10.5. The Hall–Kier alpha value is -2.65. The average Bonchev–Trinajstić information content (AvgIpc) is 3.16. The topological polar surface area (TPSA) is 16.1 Å². The van der Waals surface area contributed by atoms with E-state index >= 15 is 0 Å². The van der Waals surface area contributed by atoms with Gasteiger partial charge in [0.25, 0.3) is 0 Å². The number of rotatable bonds is 3. The largest absolute Gasteiger partial charge is 0.366 e. The van der Waals surface area contributed by atoms with Crippen LogP contribution in [-0.2, 0) is 0 Å². The number of aromatic nitrogens is 1. The first-order chi connectivity index (χ1) is 14.9. The van der Waals surface area contributed by atoms with Gasteiger partial charge in [-0.2, -0.15) is 0 Å². The zero-order chi connectivity index (χ0) is 21.8. The quantitative estimate of drug-likeness (QED) is 0.329. The highest BCUT2D eigenvalue weighted by atomic mass is 32.1. The van der Waals surface area contributed by atoms with Crippen molar-refractivity contribution in [1.82, 2.24) is 4.98 Å². The van der Waals surface area contributed by atoms with Crippen molar-refractivity contribution >= 4 is 50.2 Å². The maximum Gasteiger partial charge on any atom is 0.117 e. The van der Waals surface area contributed by atoms with Crippen molar-refractivity contribution in [3.63, 3.8) is 0 Å². The monoisotopic (exact) mass is 426 g/mol. The molecule has 1 unspecified atom stereocenters. The fraction of sp³-hybridized carbons (Fsp3) is 0.321. The van der Waals surface area contributed by atoms with Gasteiger partial charge >= 0.3 is 0 Å². The van der Waals surface area contributed by atoms with Crippen molar-refractivity contribution in [3.05, 3.63) is 70.2 Å². The minimum absolute atomic E-state index is 0.203. The van der Waals surface area contributed by atoms with Gasteiger partial charge in [-0.25, -0.2) is 4.98 Å². The summed E-state index contributed by atoms with van der Waals surface area (Å²) in [6.07, 6.45) is 5.62. The summed E-state index contributed by atoms with van der Waals surface area (Å²) in [4.78, 5) is 7.45. The summed E-state index contributed by atoms with van der Waals surface area (Å²) in [5, 5.41) is 3.63. The molecule has 0 bridgehead atoms. The zero-order valence-electron chi connectivity index (χ0n) is 19.1. The minimum Gasteiger partial charge on any atom is -0.366 e. The van der Waals surface area contributed by atoms with E-state index in [9.17, 15) is 0 Å². The molecule has 5 rings (SSSR count). The molecule has 2 heterocycles. The molecule has 1 aliphatic rings. The Balaban J connectivity index is 1.53. The van der Waals surface area contributed by atoms with Crippen LogP contribution in [0.2, 0.25) is 0 Å². The van der Waals surface area contributed by atoms with Crippen LogP contribution < -0.4 is 4.90 Å². The summed E-state index contributed by atoms with van der Waals surface area (Å²) in [5.41, 5.74) is 6.79. The first-order valence-corrected chi connectivity index (χ1v) is 12.1. The smallest absolute Gasteiger partial charge is 0.117 e. The van der Waals surface area contributed by atoms with Crippen molar-refractivity contribution in [2.45, 2.75) is 52.5 Å². The molecule has 0 saturated carbocycles. The normalized spacial score (nSPS) is 18.2. The van der Waals surface area contributed by atoms with Gasteiger partial charge in [-0.1, -0.05) is 43.3 Å². The summed E-state index contributed by atoms with van der Waals surface area (Å²) in [7, 11) is 0. The number of hydrogen-bond acceptors (Lipinski definition) is 3. The Morgan fingerprint density at radius 2 is 1.94 bits per heavy atom. The van der Waals surface area contributed by atoms with Gasteiger partial charge in [-0.15, -0.1) is 11.3 Å². The third kappa shape index (κ3) is 3.45. The van der Waals surface area contributed by atoms with Crippen molar-refractivity contribution < 1.29 is 0 Å². The lowest BCUT2D eigenvalue weighted by Gasteiger charge is -2.47. The fourth-order valence-corrected chi connectivity index (χ4v) is 6.34. The van der Waals surface area contributed by atoms with E-state index in [1.54, 1.807) is 11.3 Å². The summed E-state index contributed by atoms with van der Waals surface area (Å²) >= 11 is 1.78. The second-order valence-electron chi connectivity index (χ2n) is 9.45. The van der Waals surface area contributed by atoms with Gasteiger partial charge in [0.2, 0.25) is 0 Å². The molecule has 3 aromatic carbocycles. The van der Waals surface area contributed by atoms with E-state index in [0.717, 1.165) is 17.1 Å². The van der Waals surface area contributed by atoms with Gasteiger partial charge < -0.3 is 4.90 Å². The predicted octanol–water partition coefficient (Wildman–Crippen LogP) is 8.04. The number of benzene rings is 3. The molecule has 0 radical (unpaired) electrons. The molecular weight excluding hydrogens is 396 g/mol. The maximum atomic E-state index is 4.88. The predicted molar refractivity (Wildman–Crippen MR) is 137 cm³/mol. The maximum absolute atomic E-state index is 4.88. The Kier molecular flexibility index (Phi) is 4.90. The molecule has 31 heavy (non-hydrogen) atoms. The molecule has 2 nitrogen and oxygen atoms in total. The van der Waals surface area contributed by atoms with Crippen LogP contribution in [0.3, 0.4) is 0 Å². The fourth-order valence-electron chi connectivity index (χ4n) is 5.33. The number of thiazole rings is 1. The highest BCUT2D eigenvalue weighted by Crippen LogP contribution is 2.44. The van der Waals surface area contributed by atoms with Gasteiger partial charge in [-0.3, -0.25) is 0 Å². The number of fused-ring (bicyclic) bond motifs is 4. The van der Waals surface area contributed by atoms with Crippen molar-refractivity contribution in [1.29, 1.82) is 0 Å². The lowest BCUT2D eigenvalue weighted by atomic mass is 9.79. The number of nitrogens with zero attached hydrogens (tertiary/aromatic N) is 2. The molecule has 4 aromatic rings. The molecule has 158 valence electrons. The Morgan fingerprint density at radius 1 is 1.13 bits per heavy atom. The van der Waals surface area contributed by atoms with E-state index in [0.29, 0.717) is 5.92 Å². The average molecular weight is 427 g/mol. The molecule has 1 atom stereocenters. The SMILES string of the molecule is CCN1c2cc(C)c(C=Cc3nc4ccc5ccccc5c4s3)cc2C(C)CC1(C)C. The van der Waals surface area contributed by atoms with Crippen LogP contribution in [0, 0.1) is 6.92 Å². The lowest BCUT2D eigenvalue weighted by molar-refractivity contribution is 0.381. The Labute approximate surface area is 189 Å². The summed E-state index contributed by atoms with van der Waals surface area (Å²) in [6.45, 7) is 12.6. The van der Waals surface area contributed by atoms with Gasteiger partial charge in [0, 0.05) is 23.2 Å². The molecule has 3 heteroatoms. The van der Waals surface area contributed by atoms with Gasteiger partial charge in [0.15, 0.2) is 0 Å². The van der Waals surface area contributed by atoms with Crippen molar-refractivity contribution in [2.75, 3.05) is 11.4 Å². The molecule has 1 aromatic heterocycles. The Morgan fingerprint density at radius 3 is 2.74 bits per heavy atom. The third-order valence-electron chi connectivity index (χ3n) is 6.79. The van der Waals surface area contributed by atoms with Gasteiger partial charge in [0.1, 0.15) is 5.01 Å². The van der Waals surface area contributed by atoms with Crippen LogP contribution in [0.4, 0.5) is 5.69 Å². The first-order valence-electron chi connectivity index (χ1n) is 11.3. The lowest BCUT2D eigenvalue weighted by Crippen LogP contribution is -2.48. The van der Waals surface area contributed by atoms with Crippen molar-refractivity contribution in [3.8, 4) is 0 Å². The highest BCUT2D eigenvalue weighted by Gasteiger charge is 2.35. The Bertz CT molecular complexity index is 1310. The number of hydrogen-bond donors (Lipinski definition) is 0. The van der Waals surface area contributed by atoms with E-state index in [1.165, 1.54) is 44.3 Å². The molecule has 0 aliphatic carbocycles. The van der Waals surface area contributed by atoms with Gasteiger partial charge in [-0.05, 0) is 86.4 Å². The second kappa shape index (κ2) is 7.49. The van der Waals surface area contributed by atoms with E-state index in [-0.39, 0.29) is 5.54 Å². The molecular formula is C28H30N2S. The van der Waals surface area contributed by atoms with E-state index in [2.05, 4.69) is 100 Å². The third-order valence-corrected chi connectivity index (χ3v) is 7.86. The molecule has 1 aliphatic heterocycles. The molecule has 0 fully saturated rings. The zero-order valence-corrected chi connectivity index (χ0v) is 19.9. The van der Waals surface area contributed by atoms with Crippen LogP contribution in [0.5, 0.6) is 0 Å². The highest BCUT2D eigenvalue weighted by molar-refractivity contribution is 7.20. The van der Waals surface area contributed by atoms with Crippen LogP contribution in [0.15, 0.2) is 48.5 Å². The standard InChI is InChI=1S/C28H30N2S/c1-6-30-25-15-18(2)21(16-23(25)19(3)17-28(30,4)5)12-14-26-29-24-13-11-20-9-7-8-10-22(20)27(24)31-26/h7-16,19H,6,17H2,1-5H3. The van der Waals surface area contributed by atoms with Gasteiger partial charge in [0.05, 0.1) is 10.2 Å². The summed E-state index contributed by atoms with van der Waals surface area (Å²) in [5.74, 6) is 0.564. The van der Waals surface area contributed by atoms with E-state index < -0.39 is 0 Å². The van der Waals surface area contributed by atoms with Crippen LogP contribution >= 0.6 is 11.3 Å². The van der Waals surface area contributed by atoms with Crippen LogP contribution in [-0.4, -0.2) is 17.1 Å². The number of anilines is 1. The van der Waals surface area contributed by atoms with Crippen LogP contribution in [0.25, 0.3) is 33.1 Å². The molecule has 0 spiro atoms. The molecule has 0 saturated heterocycles. The van der Waals surface area contributed by atoms with E-state index in [4.69, 9.17) is 4.98 Å². The summed E-state index contributed by atoms with van der Waals surface area (Å²) in [6, 6.07) is 17.7. The van der Waals surface area contributed by atoms with E-state index in [1.807, 2.05) is 0 Å². The number of aryl methyl sites for hydroxylation is 1. The molecule has 0 amide bonds. The molecule has 0 N–H and O–H groups in total. The first kappa shape index (κ1) is 20.3. The minimum atomic E-state index is 0.203. The summed E-state index contributed by atoms with van der Waals surface area (Å²) < 4.78 is 1.27.